The zero-order chi connectivity index (χ0) is 27.2. The number of carbonyl (C=O) groups is 2. The second kappa shape index (κ2) is 9.98. The van der Waals surface area contributed by atoms with Crippen molar-refractivity contribution in [3.05, 3.63) is 77.9 Å². The Morgan fingerprint density at radius 2 is 1.79 bits per heavy atom. The van der Waals surface area contributed by atoms with Crippen LogP contribution in [0.2, 0.25) is 0 Å². The number of amides is 1. The zero-order valence-corrected chi connectivity index (χ0v) is 22.9. The monoisotopic (exact) mass is 526 g/mol. The molecule has 3 aliphatic rings. The van der Waals surface area contributed by atoms with Gasteiger partial charge in [-0.1, -0.05) is 42.5 Å². The number of benzene rings is 3. The SMILES string of the molecule is CC(=O)OC12CCC(N(C)C(=O)c3ccc4ccccc4c3)CC1(c1cccc(O)c1)CCN(CC1CC1)C2. The van der Waals surface area contributed by atoms with Crippen LogP contribution < -0.4 is 0 Å². The van der Waals surface area contributed by atoms with Crippen LogP contribution in [0.3, 0.4) is 0 Å². The van der Waals surface area contributed by atoms with Crippen molar-refractivity contribution in [2.24, 2.45) is 5.92 Å². The van der Waals surface area contributed by atoms with Crippen LogP contribution in [0.25, 0.3) is 10.8 Å². The molecule has 0 bridgehead atoms. The number of nitrogens with zero attached hydrogens (tertiary/aromatic N) is 2. The Balaban J connectivity index is 1.35. The lowest BCUT2D eigenvalue weighted by Crippen LogP contribution is -2.68. The first-order chi connectivity index (χ1) is 18.8. The maximum atomic E-state index is 13.8. The van der Waals surface area contributed by atoms with Crippen molar-refractivity contribution in [3.8, 4) is 5.75 Å². The molecule has 6 nitrogen and oxygen atoms in total. The van der Waals surface area contributed by atoms with E-state index in [1.54, 1.807) is 6.07 Å². The molecule has 1 N–H and O–H groups in total. The van der Waals surface area contributed by atoms with E-state index in [2.05, 4.69) is 17.0 Å². The van der Waals surface area contributed by atoms with E-state index in [-0.39, 0.29) is 23.7 Å². The van der Waals surface area contributed by atoms with Gasteiger partial charge in [-0.05, 0) is 91.6 Å². The van der Waals surface area contributed by atoms with Crippen molar-refractivity contribution >= 4 is 22.6 Å². The molecule has 2 aliphatic carbocycles. The third kappa shape index (κ3) is 4.80. The zero-order valence-electron chi connectivity index (χ0n) is 22.9. The van der Waals surface area contributed by atoms with Crippen molar-refractivity contribution in [2.45, 2.75) is 62.5 Å². The number of likely N-dealkylation sites (tertiary alicyclic amines) is 1. The van der Waals surface area contributed by atoms with Gasteiger partial charge >= 0.3 is 5.97 Å². The van der Waals surface area contributed by atoms with Crippen molar-refractivity contribution in [2.75, 3.05) is 26.7 Å². The number of hydrogen-bond donors (Lipinski definition) is 1. The molecule has 1 amide bonds. The van der Waals surface area contributed by atoms with Gasteiger partial charge in [0.05, 0.1) is 0 Å². The lowest BCUT2D eigenvalue weighted by atomic mass is 9.55. The maximum Gasteiger partial charge on any atom is 0.303 e. The Hall–Kier alpha value is -3.38. The fraction of sp³-hybridized carbons (Fsp3) is 0.455. The Morgan fingerprint density at radius 3 is 2.54 bits per heavy atom. The summed E-state index contributed by atoms with van der Waals surface area (Å²) in [4.78, 5) is 30.7. The van der Waals surface area contributed by atoms with Gasteiger partial charge in [0.1, 0.15) is 11.4 Å². The van der Waals surface area contributed by atoms with E-state index < -0.39 is 11.0 Å². The van der Waals surface area contributed by atoms with E-state index in [4.69, 9.17) is 4.74 Å². The smallest absolute Gasteiger partial charge is 0.303 e. The predicted molar refractivity (Wildman–Crippen MR) is 152 cm³/mol. The molecule has 1 saturated heterocycles. The van der Waals surface area contributed by atoms with Crippen molar-refractivity contribution < 1.29 is 19.4 Å². The van der Waals surface area contributed by atoms with Gasteiger partial charge in [0.15, 0.2) is 0 Å². The van der Waals surface area contributed by atoms with E-state index in [0.717, 1.165) is 48.2 Å². The standard InChI is InChI=1S/C33H38N2O4/c1-23(36)39-33-15-14-29(34(2)31(38)27-13-12-25-6-3-4-7-26(25)18-27)20-32(33,28-8-5-9-30(37)19-28)16-17-35(22-33)21-24-10-11-24/h3-9,12-13,18-19,24,29,37H,10-11,14-17,20-22H2,1-2H3. The molecule has 3 unspecified atom stereocenters. The van der Waals surface area contributed by atoms with Crippen molar-refractivity contribution in [1.82, 2.24) is 9.80 Å². The topological polar surface area (TPSA) is 70.1 Å². The average molecular weight is 527 g/mol. The summed E-state index contributed by atoms with van der Waals surface area (Å²) in [6.07, 6.45) is 5.46. The molecule has 204 valence electrons. The first-order valence-corrected chi connectivity index (χ1v) is 14.3. The second-order valence-corrected chi connectivity index (χ2v) is 12.0. The number of phenols is 1. The lowest BCUT2D eigenvalue weighted by Gasteiger charge is -2.60. The average Bonchev–Trinajstić information content (AvgIpc) is 3.75. The van der Waals surface area contributed by atoms with Gasteiger partial charge in [0.2, 0.25) is 0 Å². The summed E-state index contributed by atoms with van der Waals surface area (Å²) in [5, 5.41) is 12.7. The fourth-order valence-corrected chi connectivity index (χ4v) is 7.31. The lowest BCUT2D eigenvalue weighted by molar-refractivity contribution is -0.188. The molecule has 1 heterocycles. The minimum atomic E-state index is -0.705. The first kappa shape index (κ1) is 25.9. The van der Waals surface area contributed by atoms with E-state index in [0.29, 0.717) is 24.9 Å². The van der Waals surface area contributed by atoms with Gasteiger partial charge in [-0.3, -0.25) is 14.5 Å². The first-order valence-electron chi connectivity index (χ1n) is 14.3. The Kier molecular flexibility index (Phi) is 6.62. The van der Waals surface area contributed by atoms with E-state index >= 15 is 0 Å². The molecule has 6 rings (SSSR count). The minimum Gasteiger partial charge on any atom is -0.508 e. The fourth-order valence-electron chi connectivity index (χ4n) is 7.31. The van der Waals surface area contributed by atoms with Crippen LogP contribution in [0, 0.1) is 5.92 Å². The summed E-state index contributed by atoms with van der Waals surface area (Å²) in [7, 11) is 1.90. The van der Waals surface area contributed by atoms with Crippen LogP contribution in [0.4, 0.5) is 0 Å². The van der Waals surface area contributed by atoms with E-state index in [9.17, 15) is 14.7 Å². The van der Waals surface area contributed by atoms with Crippen molar-refractivity contribution in [3.63, 3.8) is 0 Å². The summed E-state index contributed by atoms with van der Waals surface area (Å²) in [6.45, 7) is 4.14. The van der Waals surface area contributed by atoms with Crippen molar-refractivity contribution in [1.29, 1.82) is 0 Å². The summed E-state index contributed by atoms with van der Waals surface area (Å²) in [6, 6.07) is 21.4. The van der Waals surface area contributed by atoms with Gasteiger partial charge in [0.25, 0.3) is 5.91 Å². The van der Waals surface area contributed by atoms with Gasteiger partial charge in [-0.2, -0.15) is 0 Å². The number of phenolic OH excluding ortho intramolecular Hbond substituents is 1. The number of ether oxygens (including phenoxy) is 1. The molecule has 2 saturated carbocycles. The van der Waals surface area contributed by atoms with Gasteiger partial charge in [-0.15, -0.1) is 0 Å². The third-order valence-electron chi connectivity index (χ3n) is 9.49. The quantitative estimate of drug-likeness (QED) is 0.428. The highest BCUT2D eigenvalue weighted by Gasteiger charge is 2.61. The largest absolute Gasteiger partial charge is 0.508 e. The summed E-state index contributed by atoms with van der Waals surface area (Å²) < 4.78 is 6.37. The number of rotatable bonds is 6. The summed E-state index contributed by atoms with van der Waals surface area (Å²) in [5.41, 5.74) is 0.464. The normalized spacial score (nSPS) is 27.1. The second-order valence-electron chi connectivity index (χ2n) is 12.0. The Morgan fingerprint density at radius 1 is 1.00 bits per heavy atom. The molecule has 3 aromatic rings. The van der Waals surface area contributed by atoms with Crippen LogP contribution >= 0.6 is 0 Å². The highest BCUT2D eigenvalue weighted by Crippen LogP contribution is 2.55. The number of esters is 1. The number of piperidine rings is 1. The Labute approximate surface area is 230 Å². The highest BCUT2D eigenvalue weighted by molar-refractivity contribution is 5.98. The predicted octanol–water partition coefficient (Wildman–Crippen LogP) is 5.53. The molecular formula is C33H38N2O4. The third-order valence-corrected chi connectivity index (χ3v) is 9.49. The molecule has 0 aromatic heterocycles. The molecule has 3 aromatic carbocycles. The number of fused-ring (bicyclic) bond motifs is 2. The van der Waals surface area contributed by atoms with Crippen LogP contribution in [-0.2, 0) is 14.9 Å². The molecule has 0 radical (unpaired) electrons. The van der Waals surface area contributed by atoms with Crippen LogP contribution in [0.1, 0.15) is 61.4 Å². The van der Waals surface area contributed by atoms with E-state index in [1.807, 2.05) is 60.5 Å². The van der Waals surface area contributed by atoms with Crippen LogP contribution in [-0.4, -0.2) is 65.1 Å². The van der Waals surface area contributed by atoms with Gasteiger partial charge < -0.3 is 14.7 Å². The molecule has 3 fully saturated rings. The van der Waals surface area contributed by atoms with Gasteiger partial charge in [-0.25, -0.2) is 0 Å². The van der Waals surface area contributed by atoms with Crippen LogP contribution in [0.15, 0.2) is 66.7 Å². The maximum absolute atomic E-state index is 13.8. The summed E-state index contributed by atoms with van der Waals surface area (Å²) >= 11 is 0. The number of carbonyl (C=O) groups excluding carboxylic acids is 2. The molecule has 1 aliphatic heterocycles. The molecule has 0 spiro atoms. The van der Waals surface area contributed by atoms with E-state index in [1.165, 1.54) is 19.8 Å². The number of hydrogen-bond acceptors (Lipinski definition) is 5. The Bertz CT molecular complexity index is 1400. The van der Waals surface area contributed by atoms with Crippen LogP contribution in [0.5, 0.6) is 5.75 Å². The highest BCUT2D eigenvalue weighted by atomic mass is 16.6. The molecule has 3 atom stereocenters. The molecule has 39 heavy (non-hydrogen) atoms. The van der Waals surface area contributed by atoms with Gasteiger partial charge in [0, 0.05) is 44.1 Å². The summed E-state index contributed by atoms with van der Waals surface area (Å²) in [5.74, 6) is 0.686. The number of aromatic hydroxyl groups is 1. The minimum absolute atomic E-state index is 0.00275. The molecule has 6 heteroatoms. The molecular weight excluding hydrogens is 488 g/mol.